The maximum Gasteiger partial charge on any atom is 0.338 e. The summed E-state index contributed by atoms with van der Waals surface area (Å²) in [6.07, 6.45) is 0. The number of methoxy groups -OCH3 is 2. The van der Waals surface area contributed by atoms with Crippen molar-refractivity contribution in [3.63, 3.8) is 0 Å². The minimum atomic E-state index is -0.541. The third kappa shape index (κ3) is 5.08. The summed E-state index contributed by atoms with van der Waals surface area (Å²) in [5.74, 6) is 2.01. The zero-order valence-electron chi connectivity index (χ0n) is 17.4. The van der Waals surface area contributed by atoms with E-state index in [1.165, 1.54) is 7.11 Å². The zero-order chi connectivity index (χ0) is 21.5. The van der Waals surface area contributed by atoms with Gasteiger partial charge in [0.1, 0.15) is 5.75 Å². The van der Waals surface area contributed by atoms with Crippen molar-refractivity contribution in [1.29, 1.82) is 0 Å². The largest absolute Gasteiger partial charge is 0.496 e. The van der Waals surface area contributed by atoms with Gasteiger partial charge in [0.05, 0.1) is 32.0 Å². The number of benzene rings is 2. The molecular weight excluding hydrogens is 388 g/mol. The van der Waals surface area contributed by atoms with E-state index < -0.39 is 5.97 Å². The molecule has 158 valence electrons. The Hall–Kier alpha value is -3.55. The average molecular weight is 412 g/mol. The van der Waals surface area contributed by atoms with E-state index in [2.05, 4.69) is 24.0 Å². The van der Waals surface area contributed by atoms with E-state index >= 15 is 0 Å². The maximum atomic E-state index is 12.4. The van der Waals surface area contributed by atoms with Crippen molar-refractivity contribution >= 4 is 5.97 Å². The molecule has 0 spiro atoms. The normalized spacial score (nSPS) is 10.7. The second kappa shape index (κ2) is 9.78. The molecule has 0 unspecified atom stereocenters. The van der Waals surface area contributed by atoms with Crippen molar-refractivity contribution in [1.82, 2.24) is 10.1 Å². The summed E-state index contributed by atoms with van der Waals surface area (Å²) < 4.78 is 26.8. The monoisotopic (exact) mass is 412 g/mol. The Morgan fingerprint density at radius 1 is 1.03 bits per heavy atom. The highest BCUT2D eigenvalue weighted by Gasteiger charge is 2.16. The SMILES string of the molecule is COc1cc(C(=O)OCc2nc(-c3ccccc3OC)no2)ccc1OCC(C)C. The van der Waals surface area contributed by atoms with Crippen LogP contribution in [0.15, 0.2) is 47.0 Å². The van der Waals surface area contributed by atoms with Gasteiger partial charge in [-0.2, -0.15) is 4.98 Å². The Morgan fingerprint density at radius 2 is 1.80 bits per heavy atom. The summed E-state index contributed by atoms with van der Waals surface area (Å²) >= 11 is 0. The predicted molar refractivity (Wildman–Crippen MR) is 109 cm³/mol. The highest BCUT2D eigenvalue weighted by molar-refractivity contribution is 5.90. The second-order valence-electron chi connectivity index (χ2n) is 6.86. The molecule has 3 rings (SSSR count). The van der Waals surface area contributed by atoms with Gasteiger partial charge in [0, 0.05) is 0 Å². The number of nitrogens with zero attached hydrogens (tertiary/aromatic N) is 2. The summed E-state index contributed by atoms with van der Waals surface area (Å²) in [5, 5.41) is 3.93. The number of hydrogen-bond acceptors (Lipinski definition) is 8. The number of rotatable bonds is 9. The van der Waals surface area contributed by atoms with Crippen molar-refractivity contribution in [2.24, 2.45) is 5.92 Å². The minimum absolute atomic E-state index is 0.158. The summed E-state index contributed by atoms with van der Waals surface area (Å²) in [7, 11) is 3.08. The zero-order valence-corrected chi connectivity index (χ0v) is 17.4. The fourth-order valence-electron chi connectivity index (χ4n) is 2.63. The molecule has 0 amide bonds. The first kappa shape index (κ1) is 21.2. The van der Waals surface area contributed by atoms with Crippen molar-refractivity contribution in [2.45, 2.75) is 20.5 Å². The molecule has 8 heteroatoms. The van der Waals surface area contributed by atoms with Crippen LogP contribution in [0.2, 0.25) is 0 Å². The predicted octanol–water partition coefficient (Wildman–Crippen LogP) is 4.15. The molecule has 1 heterocycles. The number of esters is 1. The molecule has 0 radical (unpaired) electrons. The van der Waals surface area contributed by atoms with Crippen molar-refractivity contribution in [3.8, 4) is 28.6 Å². The molecule has 0 saturated heterocycles. The van der Waals surface area contributed by atoms with E-state index in [-0.39, 0.29) is 12.5 Å². The van der Waals surface area contributed by atoms with E-state index in [1.807, 2.05) is 18.2 Å². The van der Waals surface area contributed by atoms with Gasteiger partial charge in [0.15, 0.2) is 18.1 Å². The lowest BCUT2D eigenvalue weighted by Gasteiger charge is -2.13. The fourth-order valence-corrected chi connectivity index (χ4v) is 2.63. The second-order valence-corrected chi connectivity index (χ2v) is 6.86. The number of aromatic nitrogens is 2. The lowest BCUT2D eigenvalue weighted by molar-refractivity contribution is 0.0429. The van der Waals surface area contributed by atoms with Crippen molar-refractivity contribution < 1.29 is 28.3 Å². The van der Waals surface area contributed by atoms with Gasteiger partial charge < -0.3 is 23.5 Å². The van der Waals surface area contributed by atoms with E-state index in [1.54, 1.807) is 31.4 Å². The molecule has 2 aromatic carbocycles. The molecule has 0 N–H and O–H groups in total. The standard InChI is InChI=1S/C22H24N2O6/c1-14(2)12-28-18-10-9-15(11-19(18)27-4)22(25)29-13-20-23-21(24-30-20)16-7-5-6-8-17(16)26-3/h5-11,14H,12-13H2,1-4H3. The Bertz CT molecular complexity index is 999. The summed E-state index contributed by atoms with van der Waals surface area (Å²) in [5.41, 5.74) is 1.01. The van der Waals surface area contributed by atoms with Crippen LogP contribution in [0.1, 0.15) is 30.1 Å². The fraction of sp³-hybridized carbons (Fsp3) is 0.318. The Balaban J connectivity index is 1.65. The molecule has 0 atom stereocenters. The van der Waals surface area contributed by atoms with Gasteiger partial charge in [-0.05, 0) is 36.2 Å². The first-order chi connectivity index (χ1) is 14.5. The van der Waals surface area contributed by atoms with E-state index in [9.17, 15) is 4.79 Å². The molecule has 0 aliphatic rings. The number of ether oxygens (including phenoxy) is 4. The molecule has 0 fully saturated rings. The summed E-state index contributed by atoms with van der Waals surface area (Å²) in [6.45, 7) is 4.49. The van der Waals surface area contributed by atoms with Crippen molar-refractivity contribution in [2.75, 3.05) is 20.8 Å². The van der Waals surface area contributed by atoms with E-state index in [4.69, 9.17) is 23.5 Å². The molecule has 3 aromatic rings. The summed E-state index contributed by atoms with van der Waals surface area (Å²) in [4.78, 5) is 16.7. The van der Waals surface area contributed by atoms with Crippen LogP contribution in [-0.4, -0.2) is 36.9 Å². The lowest BCUT2D eigenvalue weighted by Crippen LogP contribution is -2.08. The molecule has 0 aliphatic carbocycles. The smallest absolute Gasteiger partial charge is 0.338 e. The van der Waals surface area contributed by atoms with Crippen LogP contribution < -0.4 is 14.2 Å². The quantitative estimate of drug-likeness (QED) is 0.484. The van der Waals surface area contributed by atoms with Crippen LogP contribution in [-0.2, 0) is 11.3 Å². The molecule has 1 aromatic heterocycles. The number of carbonyl (C=O) groups excluding carboxylic acids is 1. The topological polar surface area (TPSA) is 92.9 Å². The third-order valence-electron chi connectivity index (χ3n) is 4.11. The third-order valence-corrected chi connectivity index (χ3v) is 4.11. The van der Waals surface area contributed by atoms with Gasteiger partial charge in [-0.15, -0.1) is 0 Å². The molecule has 8 nitrogen and oxygen atoms in total. The average Bonchev–Trinajstić information content (AvgIpc) is 3.24. The number of hydrogen-bond donors (Lipinski definition) is 0. The Kier molecular flexibility index (Phi) is 6.90. The molecule has 0 aliphatic heterocycles. The molecule has 0 bridgehead atoms. The van der Waals surface area contributed by atoms with Crippen molar-refractivity contribution in [3.05, 3.63) is 53.9 Å². The molecule has 30 heavy (non-hydrogen) atoms. The number of para-hydroxylation sites is 1. The lowest BCUT2D eigenvalue weighted by atomic mass is 10.2. The number of carbonyl (C=O) groups is 1. The highest BCUT2D eigenvalue weighted by atomic mass is 16.6. The molecule has 0 saturated carbocycles. The van der Waals surface area contributed by atoms with Gasteiger partial charge in [0.25, 0.3) is 5.89 Å². The first-order valence-corrected chi connectivity index (χ1v) is 9.45. The first-order valence-electron chi connectivity index (χ1n) is 9.45. The van der Waals surface area contributed by atoms with Crippen LogP contribution in [0.3, 0.4) is 0 Å². The summed E-state index contributed by atoms with van der Waals surface area (Å²) in [6, 6.07) is 12.2. The Labute approximate surface area is 174 Å². The van der Waals surface area contributed by atoms with Gasteiger partial charge in [0.2, 0.25) is 5.82 Å². The minimum Gasteiger partial charge on any atom is -0.496 e. The van der Waals surface area contributed by atoms with E-state index in [0.717, 1.165) is 0 Å². The molecular formula is C22H24N2O6. The van der Waals surface area contributed by atoms with Crippen LogP contribution in [0, 0.1) is 5.92 Å². The van der Waals surface area contributed by atoms with Crippen LogP contribution >= 0.6 is 0 Å². The van der Waals surface area contributed by atoms with Gasteiger partial charge in [-0.3, -0.25) is 0 Å². The van der Waals surface area contributed by atoms with Crippen LogP contribution in [0.25, 0.3) is 11.4 Å². The van der Waals surface area contributed by atoms with E-state index in [0.29, 0.717) is 46.7 Å². The highest BCUT2D eigenvalue weighted by Crippen LogP contribution is 2.29. The van der Waals surface area contributed by atoms with Gasteiger partial charge in [-0.25, -0.2) is 4.79 Å². The van der Waals surface area contributed by atoms with Gasteiger partial charge in [-0.1, -0.05) is 31.1 Å². The van der Waals surface area contributed by atoms with Gasteiger partial charge >= 0.3 is 5.97 Å². The maximum absolute atomic E-state index is 12.4. The van der Waals surface area contributed by atoms with Crippen LogP contribution in [0.4, 0.5) is 0 Å². The van der Waals surface area contributed by atoms with Crippen LogP contribution in [0.5, 0.6) is 17.2 Å². The Morgan fingerprint density at radius 3 is 2.53 bits per heavy atom.